The molecule has 0 aromatic heterocycles. The Morgan fingerprint density at radius 3 is 2.74 bits per heavy atom. The average molecular weight is 263 g/mol. The number of likely N-dealkylation sites (tertiary alicyclic amines) is 1. The van der Waals surface area contributed by atoms with E-state index < -0.39 is 5.97 Å². The Morgan fingerprint density at radius 2 is 2.11 bits per heavy atom. The van der Waals surface area contributed by atoms with E-state index >= 15 is 0 Å². The van der Waals surface area contributed by atoms with Gasteiger partial charge in [0.1, 0.15) is 11.8 Å². The molecule has 1 aromatic carbocycles. The van der Waals surface area contributed by atoms with Crippen molar-refractivity contribution in [2.45, 2.75) is 44.7 Å². The Labute approximate surface area is 113 Å². The fourth-order valence-corrected chi connectivity index (χ4v) is 2.79. The zero-order valence-electron chi connectivity index (χ0n) is 11.2. The minimum Gasteiger partial charge on any atom is -0.508 e. The maximum absolute atomic E-state index is 11.2. The fraction of sp³-hybridized carbons (Fsp3) is 0.533. The summed E-state index contributed by atoms with van der Waals surface area (Å²) in [5, 5.41) is 18.4. The van der Waals surface area contributed by atoms with Gasteiger partial charge in [0.25, 0.3) is 0 Å². The molecule has 1 heterocycles. The third-order valence-electron chi connectivity index (χ3n) is 3.93. The molecule has 19 heavy (non-hydrogen) atoms. The highest BCUT2D eigenvalue weighted by Crippen LogP contribution is 2.23. The first-order chi connectivity index (χ1) is 9.08. The first-order valence-electron chi connectivity index (χ1n) is 6.84. The van der Waals surface area contributed by atoms with Crippen LogP contribution in [0.5, 0.6) is 5.75 Å². The van der Waals surface area contributed by atoms with Crippen molar-refractivity contribution in [3.8, 4) is 5.75 Å². The number of aryl methyl sites for hydroxylation is 1. The average Bonchev–Trinajstić information content (AvgIpc) is 2.87. The SMILES string of the molecule is CC(CCc1ccc(O)cc1)N1CCCC1C(=O)O. The number of carboxylic acid groups (broad SMARTS) is 1. The minimum atomic E-state index is -0.700. The summed E-state index contributed by atoms with van der Waals surface area (Å²) in [5.41, 5.74) is 1.18. The number of carboxylic acids is 1. The number of aliphatic carboxylic acids is 1. The first-order valence-corrected chi connectivity index (χ1v) is 6.84. The molecule has 104 valence electrons. The van der Waals surface area contributed by atoms with Gasteiger partial charge >= 0.3 is 5.97 Å². The first kappa shape index (κ1) is 13.9. The van der Waals surface area contributed by atoms with Crippen LogP contribution >= 0.6 is 0 Å². The quantitative estimate of drug-likeness (QED) is 0.855. The molecule has 2 atom stereocenters. The van der Waals surface area contributed by atoms with E-state index in [1.54, 1.807) is 12.1 Å². The molecule has 2 rings (SSSR count). The maximum atomic E-state index is 11.2. The number of nitrogens with zero attached hydrogens (tertiary/aromatic N) is 1. The number of aromatic hydroxyl groups is 1. The molecule has 2 N–H and O–H groups in total. The molecule has 0 radical (unpaired) electrons. The van der Waals surface area contributed by atoms with Crippen molar-refractivity contribution in [1.82, 2.24) is 4.90 Å². The number of carbonyl (C=O) groups is 1. The molecule has 0 bridgehead atoms. The zero-order valence-corrected chi connectivity index (χ0v) is 11.2. The topological polar surface area (TPSA) is 60.8 Å². The van der Waals surface area contributed by atoms with Crippen LogP contribution in [0, 0.1) is 0 Å². The summed E-state index contributed by atoms with van der Waals surface area (Å²) in [6.45, 7) is 2.98. The Bertz CT molecular complexity index is 430. The van der Waals surface area contributed by atoms with Crippen molar-refractivity contribution in [1.29, 1.82) is 0 Å². The summed E-state index contributed by atoms with van der Waals surface area (Å²) in [5.74, 6) is -0.420. The lowest BCUT2D eigenvalue weighted by molar-refractivity contribution is -0.142. The third-order valence-corrected chi connectivity index (χ3v) is 3.93. The highest BCUT2D eigenvalue weighted by molar-refractivity contribution is 5.73. The normalized spacial score (nSPS) is 21.4. The standard InChI is InChI=1S/C15H21NO3/c1-11(16-10-2-3-14(16)15(18)19)4-5-12-6-8-13(17)9-7-12/h6-9,11,14,17H,2-5,10H2,1H3,(H,18,19). The third kappa shape index (κ3) is 3.47. The summed E-state index contributed by atoms with van der Waals surface area (Å²) in [4.78, 5) is 13.3. The van der Waals surface area contributed by atoms with Crippen LogP contribution in [0.1, 0.15) is 31.7 Å². The van der Waals surface area contributed by atoms with Crippen molar-refractivity contribution in [2.75, 3.05) is 6.54 Å². The molecule has 0 spiro atoms. The molecule has 1 aliphatic rings. The van der Waals surface area contributed by atoms with Crippen LogP contribution < -0.4 is 0 Å². The lowest BCUT2D eigenvalue weighted by atomic mass is 10.0. The number of rotatable bonds is 5. The summed E-state index contributed by atoms with van der Waals surface area (Å²) in [6, 6.07) is 7.18. The monoisotopic (exact) mass is 263 g/mol. The smallest absolute Gasteiger partial charge is 0.320 e. The molecule has 1 saturated heterocycles. The Hall–Kier alpha value is -1.55. The van der Waals surface area contributed by atoms with Crippen LogP contribution in [-0.4, -0.2) is 39.7 Å². The number of hydrogen-bond acceptors (Lipinski definition) is 3. The second-order valence-corrected chi connectivity index (χ2v) is 5.29. The van der Waals surface area contributed by atoms with Crippen LogP contribution in [-0.2, 0) is 11.2 Å². The van der Waals surface area contributed by atoms with Gasteiger partial charge in [-0.2, -0.15) is 0 Å². The zero-order chi connectivity index (χ0) is 13.8. The lowest BCUT2D eigenvalue weighted by Gasteiger charge is -2.28. The predicted octanol–water partition coefficient (Wildman–Crippen LogP) is 2.26. The van der Waals surface area contributed by atoms with Gasteiger partial charge in [-0.15, -0.1) is 0 Å². The van der Waals surface area contributed by atoms with Gasteiger partial charge in [-0.3, -0.25) is 9.69 Å². The molecule has 1 aromatic rings. The molecule has 0 amide bonds. The molecule has 0 aliphatic carbocycles. The van der Waals surface area contributed by atoms with E-state index in [4.69, 9.17) is 0 Å². The Morgan fingerprint density at radius 1 is 1.42 bits per heavy atom. The lowest BCUT2D eigenvalue weighted by Crippen LogP contribution is -2.42. The van der Waals surface area contributed by atoms with Gasteiger partial charge in [0, 0.05) is 6.04 Å². The molecule has 1 aliphatic heterocycles. The fourth-order valence-electron chi connectivity index (χ4n) is 2.79. The van der Waals surface area contributed by atoms with Gasteiger partial charge in [0.05, 0.1) is 0 Å². The summed E-state index contributed by atoms with van der Waals surface area (Å²) >= 11 is 0. The molecular weight excluding hydrogens is 242 g/mol. The molecule has 4 nitrogen and oxygen atoms in total. The van der Waals surface area contributed by atoms with E-state index in [1.165, 1.54) is 5.56 Å². The van der Waals surface area contributed by atoms with Crippen molar-refractivity contribution >= 4 is 5.97 Å². The summed E-state index contributed by atoms with van der Waals surface area (Å²) < 4.78 is 0. The molecule has 1 fully saturated rings. The van der Waals surface area contributed by atoms with Gasteiger partial charge in [0.15, 0.2) is 0 Å². The minimum absolute atomic E-state index is 0.275. The van der Waals surface area contributed by atoms with Gasteiger partial charge in [-0.25, -0.2) is 0 Å². The maximum Gasteiger partial charge on any atom is 0.320 e. The van der Waals surface area contributed by atoms with E-state index in [9.17, 15) is 15.0 Å². The van der Waals surface area contributed by atoms with Gasteiger partial charge in [-0.05, 0) is 56.8 Å². The van der Waals surface area contributed by atoms with Gasteiger partial charge in [0.2, 0.25) is 0 Å². The second kappa shape index (κ2) is 6.06. The largest absolute Gasteiger partial charge is 0.508 e. The number of phenols is 1. The highest BCUT2D eigenvalue weighted by atomic mass is 16.4. The summed E-state index contributed by atoms with van der Waals surface area (Å²) in [6.07, 6.45) is 3.58. The van der Waals surface area contributed by atoms with Crippen LogP contribution in [0.2, 0.25) is 0 Å². The number of benzene rings is 1. The van der Waals surface area contributed by atoms with Crippen LogP contribution in [0.15, 0.2) is 24.3 Å². The van der Waals surface area contributed by atoms with Crippen LogP contribution in [0.25, 0.3) is 0 Å². The Kier molecular flexibility index (Phi) is 4.43. The van der Waals surface area contributed by atoms with E-state index in [0.717, 1.165) is 32.2 Å². The van der Waals surface area contributed by atoms with Crippen molar-refractivity contribution in [3.63, 3.8) is 0 Å². The predicted molar refractivity (Wildman–Crippen MR) is 73.3 cm³/mol. The van der Waals surface area contributed by atoms with Crippen LogP contribution in [0.4, 0.5) is 0 Å². The van der Waals surface area contributed by atoms with E-state index in [0.29, 0.717) is 0 Å². The van der Waals surface area contributed by atoms with Crippen molar-refractivity contribution in [3.05, 3.63) is 29.8 Å². The summed E-state index contributed by atoms with van der Waals surface area (Å²) in [7, 11) is 0. The highest BCUT2D eigenvalue weighted by Gasteiger charge is 2.33. The van der Waals surface area contributed by atoms with Gasteiger partial charge in [-0.1, -0.05) is 12.1 Å². The van der Waals surface area contributed by atoms with E-state index in [1.807, 2.05) is 12.1 Å². The van der Waals surface area contributed by atoms with Gasteiger partial charge < -0.3 is 10.2 Å². The second-order valence-electron chi connectivity index (χ2n) is 5.29. The van der Waals surface area contributed by atoms with E-state index in [-0.39, 0.29) is 17.8 Å². The number of phenolic OH excluding ortho intramolecular Hbond substituents is 1. The van der Waals surface area contributed by atoms with E-state index in [2.05, 4.69) is 11.8 Å². The number of hydrogen-bond donors (Lipinski definition) is 2. The van der Waals surface area contributed by atoms with Crippen molar-refractivity contribution in [2.24, 2.45) is 0 Å². The van der Waals surface area contributed by atoms with Crippen LogP contribution in [0.3, 0.4) is 0 Å². The molecular formula is C15H21NO3. The molecule has 0 saturated carbocycles. The molecule has 4 heteroatoms. The van der Waals surface area contributed by atoms with Crippen molar-refractivity contribution < 1.29 is 15.0 Å². The molecule has 2 unspecified atom stereocenters. The Balaban J connectivity index is 1.88.